The first-order valence-electron chi connectivity index (χ1n) is 7.47. The molecule has 0 saturated heterocycles. The van der Waals surface area contributed by atoms with Crippen molar-refractivity contribution in [3.63, 3.8) is 0 Å². The Bertz CT molecular complexity index is 611. The number of hydrogen-bond acceptors (Lipinski definition) is 5. The Balaban J connectivity index is 1.70. The van der Waals surface area contributed by atoms with E-state index >= 15 is 0 Å². The molecule has 5 heteroatoms. The lowest BCUT2D eigenvalue weighted by molar-refractivity contribution is 0.108. The van der Waals surface area contributed by atoms with E-state index in [1.165, 1.54) is 0 Å². The molecule has 0 N–H and O–H groups in total. The smallest absolute Gasteiger partial charge is 0.151 e. The minimum absolute atomic E-state index is 0.360. The van der Waals surface area contributed by atoms with Crippen molar-refractivity contribution in [2.24, 2.45) is 5.16 Å². The maximum Gasteiger partial charge on any atom is 0.151 e. The third kappa shape index (κ3) is 5.54. The summed E-state index contributed by atoms with van der Waals surface area (Å²) in [6.07, 6.45) is 1.62. The van der Waals surface area contributed by atoms with Gasteiger partial charge in [0.05, 0.1) is 19.9 Å². The van der Waals surface area contributed by atoms with Crippen LogP contribution in [0.1, 0.15) is 12.5 Å². The van der Waals surface area contributed by atoms with Gasteiger partial charge in [0.2, 0.25) is 0 Å². The predicted octanol–water partition coefficient (Wildman–Crippen LogP) is 3.52. The Morgan fingerprint density at radius 1 is 0.913 bits per heavy atom. The number of oxime groups is 1. The van der Waals surface area contributed by atoms with Crippen LogP contribution in [0.2, 0.25) is 0 Å². The zero-order valence-electron chi connectivity index (χ0n) is 13.4. The highest BCUT2D eigenvalue weighted by Crippen LogP contribution is 2.17. The number of benzene rings is 2. The fourth-order valence-corrected chi connectivity index (χ4v) is 1.92. The summed E-state index contributed by atoms with van der Waals surface area (Å²) in [6, 6.07) is 15.1. The molecule has 2 aromatic rings. The lowest BCUT2D eigenvalue weighted by Gasteiger charge is -2.07. The highest BCUT2D eigenvalue weighted by atomic mass is 16.6. The quantitative estimate of drug-likeness (QED) is 0.403. The minimum Gasteiger partial charge on any atom is -0.496 e. The van der Waals surface area contributed by atoms with Crippen molar-refractivity contribution in [2.75, 3.05) is 26.9 Å². The summed E-state index contributed by atoms with van der Waals surface area (Å²) in [5, 5.41) is 3.91. The van der Waals surface area contributed by atoms with Crippen molar-refractivity contribution in [1.82, 2.24) is 0 Å². The van der Waals surface area contributed by atoms with Gasteiger partial charge >= 0.3 is 0 Å². The molecule has 0 heterocycles. The van der Waals surface area contributed by atoms with E-state index in [9.17, 15) is 0 Å². The Labute approximate surface area is 136 Å². The van der Waals surface area contributed by atoms with Gasteiger partial charge < -0.3 is 19.0 Å². The molecule has 0 fully saturated rings. The maximum atomic E-state index is 5.56. The zero-order valence-corrected chi connectivity index (χ0v) is 13.4. The predicted molar refractivity (Wildman–Crippen MR) is 89.6 cm³/mol. The average Bonchev–Trinajstić information content (AvgIpc) is 2.60. The van der Waals surface area contributed by atoms with Gasteiger partial charge in [-0.05, 0) is 43.3 Å². The van der Waals surface area contributed by atoms with Gasteiger partial charge in [0.1, 0.15) is 23.9 Å². The van der Waals surface area contributed by atoms with Crippen LogP contribution in [0.3, 0.4) is 0 Å². The molecular formula is C18H21NO4. The molecule has 122 valence electrons. The highest BCUT2D eigenvalue weighted by molar-refractivity contribution is 5.82. The molecule has 2 rings (SSSR count). The van der Waals surface area contributed by atoms with E-state index in [0.717, 1.165) is 22.8 Å². The Kier molecular flexibility index (Phi) is 6.78. The standard InChI is InChI=1S/C18H21NO4/c1-3-21-16-8-10-17(11-9-16)22-12-13-23-19-14-15-6-4-5-7-18(15)20-2/h4-11,14H,3,12-13H2,1-2H3/b19-14-. The fraction of sp³-hybridized carbons (Fsp3) is 0.278. The Hall–Kier alpha value is -2.69. The van der Waals surface area contributed by atoms with Crippen molar-refractivity contribution < 1.29 is 19.0 Å². The molecule has 2 aromatic carbocycles. The number of hydrogen-bond donors (Lipinski definition) is 0. The van der Waals surface area contributed by atoms with Gasteiger partial charge in [-0.25, -0.2) is 0 Å². The number of nitrogens with zero attached hydrogens (tertiary/aromatic N) is 1. The van der Waals surface area contributed by atoms with Gasteiger partial charge in [-0.1, -0.05) is 17.3 Å². The van der Waals surface area contributed by atoms with Crippen molar-refractivity contribution in [2.45, 2.75) is 6.92 Å². The monoisotopic (exact) mass is 315 g/mol. The van der Waals surface area contributed by atoms with Crippen LogP contribution in [0.25, 0.3) is 0 Å². The second-order valence-electron chi connectivity index (χ2n) is 4.56. The summed E-state index contributed by atoms with van der Waals surface area (Å²) in [5.74, 6) is 2.36. The van der Waals surface area contributed by atoms with Crippen molar-refractivity contribution in [3.05, 3.63) is 54.1 Å². The normalized spacial score (nSPS) is 10.5. The topological polar surface area (TPSA) is 49.3 Å². The van der Waals surface area contributed by atoms with Crippen LogP contribution in [0.4, 0.5) is 0 Å². The number of rotatable bonds is 9. The summed E-state index contributed by atoms with van der Waals surface area (Å²) in [7, 11) is 1.62. The van der Waals surface area contributed by atoms with E-state index in [-0.39, 0.29) is 0 Å². The van der Waals surface area contributed by atoms with Crippen LogP contribution < -0.4 is 14.2 Å². The van der Waals surface area contributed by atoms with E-state index in [2.05, 4.69) is 5.16 Å². The summed E-state index contributed by atoms with van der Waals surface area (Å²) >= 11 is 0. The van der Waals surface area contributed by atoms with Crippen LogP contribution in [-0.2, 0) is 4.84 Å². The molecule has 0 bridgehead atoms. The Morgan fingerprint density at radius 2 is 1.61 bits per heavy atom. The van der Waals surface area contributed by atoms with Gasteiger partial charge in [-0.15, -0.1) is 0 Å². The first kappa shape index (κ1) is 16.7. The zero-order chi connectivity index (χ0) is 16.3. The van der Waals surface area contributed by atoms with E-state index in [0.29, 0.717) is 19.8 Å². The molecule has 23 heavy (non-hydrogen) atoms. The maximum absolute atomic E-state index is 5.56. The first-order valence-corrected chi connectivity index (χ1v) is 7.47. The fourth-order valence-electron chi connectivity index (χ4n) is 1.92. The molecule has 0 unspecified atom stereocenters. The molecule has 0 aliphatic carbocycles. The van der Waals surface area contributed by atoms with E-state index < -0.39 is 0 Å². The van der Waals surface area contributed by atoms with Gasteiger partial charge in [0, 0.05) is 5.56 Å². The molecule has 5 nitrogen and oxygen atoms in total. The van der Waals surface area contributed by atoms with E-state index in [1.807, 2.05) is 55.5 Å². The third-order valence-corrected chi connectivity index (χ3v) is 2.98. The molecule has 0 radical (unpaired) electrons. The SMILES string of the molecule is CCOc1ccc(OCCO/N=C\c2ccccc2OC)cc1. The van der Waals surface area contributed by atoms with Gasteiger partial charge in [-0.3, -0.25) is 0 Å². The van der Waals surface area contributed by atoms with Gasteiger partial charge in [-0.2, -0.15) is 0 Å². The second-order valence-corrected chi connectivity index (χ2v) is 4.56. The van der Waals surface area contributed by atoms with Gasteiger partial charge in [0.25, 0.3) is 0 Å². The van der Waals surface area contributed by atoms with Crippen molar-refractivity contribution in [1.29, 1.82) is 0 Å². The number of methoxy groups -OCH3 is 1. The summed E-state index contributed by atoms with van der Waals surface area (Å²) in [4.78, 5) is 5.19. The molecule has 0 atom stereocenters. The van der Waals surface area contributed by atoms with Crippen molar-refractivity contribution in [3.8, 4) is 17.2 Å². The lowest BCUT2D eigenvalue weighted by atomic mass is 10.2. The van der Waals surface area contributed by atoms with Crippen molar-refractivity contribution >= 4 is 6.21 Å². The Morgan fingerprint density at radius 3 is 2.30 bits per heavy atom. The molecule has 0 aromatic heterocycles. The summed E-state index contributed by atoms with van der Waals surface area (Å²) < 4.78 is 16.2. The highest BCUT2D eigenvalue weighted by Gasteiger charge is 1.98. The summed E-state index contributed by atoms with van der Waals surface area (Å²) in [5.41, 5.74) is 0.863. The van der Waals surface area contributed by atoms with Gasteiger partial charge in [0.15, 0.2) is 6.61 Å². The lowest BCUT2D eigenvalue weighted by Crippen LogP contribution is -2.04. The largest absolute Gasteiger partial charge is 0.496 e. The molecule has 0 saturated carbocycles. The van der Waals surface area contributed by atoms with Crippen LogP contribution in [0.5, 0.6) is 17.2 Å². The number of para-hydroxylation sites is 1. The molecule has 0 spiro atoms. The molecule has 0 amide bonds. The van der Waals surface area contributed by atoms with Crippen LogP contribution in [-0.4, -0.2) is 33.1 Å². The van der Waals surface area contributed by atoms with Crippen LogP contribution >= 0.6 is 0 Å². The van der Waals surface area contributed by atoms with E-state index in [1.54, 1.807) is 13.3 Å². The van der Waals surface area contributed by atoms with Crippen LogP contribution in [0, 0.1) is 0 Å². The number of ether oxygens (including phenoxy) is 3. The molecule has 0 aliphatic rings. The van der Waals surface area contributed by atoms with E-state index in [4.69, 9.17) is 19.0 Å². The molecule has 0 aliphatic heterocycles. The summed E-state index contributed by atoms with van der Waals surface area (Å²) in [6.45, 7) is 3.38. The third-order valence-electron chi connectivity index (χ3n) is 2.98. The van der Waals surface area contributed by atoms with Crippen LogP contribution in [0.15, 0.2) is 53.7 Å². The second kappa shape index (κ2) is 9.35. The minimum atomic E-state index is 0.360. The first-order chi connectivity index (χ1) is 11.3. The molecular weight excluding hydrogens is 294 g/mol. The average molecular weight is 315 g/mol.